The van der Waals surface area contributed by atoms with Gasteiger partial charge >= 0.3 is 6.61 Å². The van der Waals surface area contributed by atoms with Crippen molar-refractivity contribution in [3.8, 4) is 5.75 Å². The highest BCUT2D eigenvalue weighted by Gasteiger charge is 2.22. The fourth-order valence-electron chi connectivity index (χ4n) is 2.66. The molecule has 0 radical (unpaired) electrons. The average Bonchev–Trinajstić information content (AvgIpc) is 2.65. The van der Waals surface area contributed by atoms with Crippen LogP contribution in [0.2, 0.25) is 0 Å². The molecule has 29 heavy (non-hydrogen) atoms. The number of H-pyrrole nitrogens is 1. The summed E-state index contributed by atoms with van der Waals surface area (Å²) in [6, 6.07) is 2.56. The Morgan fingerprint density at radius 1 is 1.38 bits per heavy atom. The van der Waals surface area contributed by atoms with Gasteiger partial charge in [0.15, 0.2) is 0 Å². The smallest absolute Gasteiger partial charge is 0.387 e. The zero-order valence-electron chi connectivity index (χ0n) is 16.0. The van der Waals surface area contributed by atoms with Gasteiger partial charge < -0.3 is 20.4 Å². The van der Waals surface area contributed by atoms with E-state index in [1.807, 2.05) is 0 Å². The summed E-state index contributed by atoms with van der Waals surface area (Å²) < 4.78 is 56.3. The first-order chi connectivity index (χ1) is 13.7. The third-order valence-corrected chi connectivity index (χ3v) is 4.06. The van der Waals surface area contributed by atoms with Crippen molar-refractivity contribution in [3.05, 3.63) is 45.5 Å². The van der Waals surface area contributed by atoms with Crippen molar-refractivity contribution in [2.75, 3.05) is 31.0 Å². The molecule has 0 saturated heterocycles. The number of aromatic amines is 1. The summed E-state index contributed by atoms with van der Waals surface area (Å²) in [6.07, 6.45) is 0.320. The van der Waals surface area contributed by atoms with Gasteiger partial charge in [-0.2, -0.15) is 13.8 Å². The number of aromatic nitrogens is 2. The molecule has 1 aromatic carbocycles. The van der Waals surface area contributed by atoms with Crippen LogP contribution in [-0.4, -0.2) is 43.1 Å². The molecule has 1 unspecified atom stereocenters. The molecule has 0 saturated carbocycles. The molecule has 0 amide bonds. The lowest BCUT2D eigenvalue weighted by molar-refractivity contribution is -0.0500. The standard InChI is InChI=1S/C18H21F4N5O2/c1-4-13(10-6-5-9(7-11(10)20)29-17(21)22)24-15-14(12(23)8-19)16(28)26-18(25-15)27(2)3/h5-7,13,17,23H,4,8H2,1-3H3,(H2,24,25,26,28). The number of nitrogens with zero attached hydrogens (tertiary/aromatic N) is 2. The van der Waals surface area contributed by atoms with Gasteiger partial charge in [0.25, 0.3) is 5.56 Å². The maximum absolute atomic E-state index is 14.5. The Morgan fingerprint density at radius 3 is 2.59 bits per heavy atom. The zero-order valence-corrected chi connectivity index (χ0v) is 16.0. The van der Waals surface area contributed by atoms with E-state index in [2.05, 4.69) is 20.0 Å². The van der Waals surface area contributed by atoms with Crippen LogP contribution in [0.4, 0.5) is 29.3 Å². The van der Waals surface area contributed by atoms with Crippen LogP contribution in [0.15, 0.2) is 23.0 Å². The summed E-state index contributed by atoms with van der Waals surface area (Å²) in [4.78, 5) is 20.5. The molecule has 7 nitrogen and oxygen atoms in total. The van der Waals surface area contributed by atoms with Gasteiger partial charge in [0, 0.05) is 25.7 Å². The van der Waals surface area contributed by atoms with E-state index in [9.17, 15) is 22.4 Å². The highest BCUT2D eigenvalue weighted by molar-refractivity contribution is 6.02. The van der Waals surface area contributed by atoms with Crippen LogP contribution in [0.5, 0.6) is 5.75 Å². The second kappa shape index (κ2) is 9.39. The van der Waals surface area contributed by atoms with Crippen LogP contribution >= 0.6 is 0 Å². The lowest BCUT2D eigenvalue weighted by Gasteiger charge is -2.22. The van der Waals surface area contributed by atoms with E-state index in [0.29, 0.717) is 6.42 Å². The third-order valence-electron chi connectivity index (χ3n) is 4.06. The maximum atomic E-state index is 14.5. The number of ether oxygens (including phenoxy) is 1. The van der Waals surface area contributed by atoms with Crippen molar-refractivity contribution in [2.45, 2.75) is 26.0 Å². The molecule has 2 rings (SSSR count). The molecule has 0 aliphatic carbocycles. The number of halogens is 4. The Morgan fingerprint density at radius 2 is 2.07 bits per heavy atom. The highest BCUT2D eigenvalue weighted by Crippen LogP contribution is 2.28. The number of benzene rings is 1. The van der Waals surface area contributed by atoms with Crippen LogP contribution < -0.4 is 20.5 Å². The molecule has 0 spiro atoms. The first-order valence-electron chi connectivity index (χ1n) is 8.64. The van der Waals surface area contributed by atoms with Gasteiger partial charge in [0.05, 0.1) is 11.8 Å². The Hall–Kier alpha value is -3.11. The molecule has 0 bridgehead atoms. The molecule has 2 aromatic rings. The summed E-state index contributed by atoms with van der Waals surface area (Å²) in [6.45, 7) is -2.55. The second-order valence-corrected chi connectivity index (χ2v) is 6.29. The predicted octanol–water partition coefficient (Wildman–Crippen LogP) is 3.48. The highest BCUT2D eigenvalue weighted by atomic mass is 19.3. The van der Waals surface area contributed by atoms with Crippen molar-refractivity contribution in [1.29, 1.82) is 5.41 Å². The monoisotopic (exact) mass is 415 g/mol. The van der Waals surface area contributed by atoms with E-state index >= 15 is 0 Å². The quantitative estimate of drug-likeness (QED) is 0.431. The van der Waals surface area contributed by atoms with Crippen LogP contribution in [-0.2, 0) is 0 Å². The lowest BCUT2D eigenvalue weighted by Crippen LogP contribution is -2.28. The molecule has 0 aliphatic rings. The number of nitrogens with one attached hydrogen (secondary N) is 3. The average molecular weight is 415 g/mol. The first-order valence-corrected chi connectivity index (χ1v) is 8.64. The molecule has 1 aromatic heterocycles. The molecule has 3 N–H and O–H groups in total. The molecule has 11 heteroatoms. The number of hydrogen-bond acceptors (Lipinski definition) is 6. The van der Waals surface area contributed by atoms with E-state index in [4.69, 9.17) is 5.41 Å². The van der Waals surface area contributed by atoms with E-state index < -0.39 is 36.4 Å². The fourth-order valence-corrected chi connectivity index (χ4v) is 2.66. The minimum Gasteiger partial charge on any atom is -0.435 e. The minimum atomic E-state index is -3.08. The Kier molecular flexibility index (Phi) is 7.18. The molecule has 0 aliphatic heterocycles. The summed E-state index contributed by atoms with van der Waals surface area (Å²) in [5, 5.41) is 10.6. The van der Waals surface area contributed by atoms with Gasteiger partial charge in [-0.1, -0.05) is 13.0 Å². The van der Waals surface area contributed by atoms with Gasteiger partial charge in [0.1, 0.15) is 29.6 Å². The van der Waals surface area contributed by atoms with E-state index in [0.717, 1.165) is 6.07 Å². The fraction of sp³-hybridized carbons (Fsp3) is 0.389. The van der Waals surface area contributed by atoms with Crippen molar-refractivity contribution >= 4 is 17.5 Å². The van der Waals surface area contributed by atoms with E-state index in [1.165, 1.54) is 17.0 Å². The summed E-state index contributed by atoms with van der Waals surface area (Å²) in [5.74, 6) is -1.06. The second-order valence-electron chi connectivity index (χ2n) is 6.29. The number of hydrogen-bond donors (Lipinski definition) is 3. The summed E-state index contributed by atoms with van der Waals surface area (Å²) >= 11 is 0. The summed E-state index contributed by atoms with van der Waals surface area (Å²) in [5.41, 5.74) is -1.48. The molecular formula is C18H21F4N5O2. The number of alkyl halides is 3. The number of rotatable bonds is 9. The van der Waals surface area contributed by atoms with Crippen molar-refractivity contribution < 1.29 is 22.3 Å². The van der Waals surface area contributed by atoms with Crippen LogP contribution in [0.25, 0.3) is 0 Å². The van der Waals surface area contributed by atoms with Gasteiger partial charge in [0.2, 0.25) is 5.95 Å². The summed E-state index contributed by atoms with van der Waals surface area (Å²) in [7, 11) is 3.25. The molecule has 1 atom stereocenters. The predicted molar refractivity (Wildman–Crippen MR) is 102 cm³/mol. The minimum absolute atomic E-state index is 0.0840. The molecule has 158 valence electrons. The third kappa shape index (κ3) is 5.24. The maximum Gasteiger partial charge on any atom is 0.387 e. The number of anilines is 2. The Balaban J connectivity index is 2.47. The first kappa shape index (κ1) is 22.2. The van der Waals surface area contributed by atoms with E-state index in [1.54, 1.807) is 21.0 Å². The van der Waals surface area contributed by atoms with Gasteiger partial charge in [-0.05, 0) is 12.5 Å². The normalized spacial score (nSPS) is 12.0. The van der Waals surface area contributed by atoms with Crippen molar-refractivity contribution in [2.24, 2.45) is 0 Å². The Labute approximate surface area is 164 Å². The SMILES string of the molecule is CCC(Nc1nc(N(C)C)[nH]c(=O)c1C(=N)CF)c1ccc(OC(F)F)cc1F. The molecule has 1 heterocycles. The van der Waals surface area contributed by atoms with E-state index in [-0.39, 0.29) is 28.6 Å². The van der Waals surface area contributed by atoms with Gasteiger partial charge in [-0.3, -0.25) is 9.78 Å². The van der Waals surface area contributed by atoms with Crippen molar-refractivity contribution in [3.63, 3.8) is 0 Å². The zero-order chi connectivity index (χ0) is 21.7. The van der Waals surface area contributed by atoms with Gasteiger partial charge in [-0.15, -0.1) is 0 Å². The molecular weight excluding hydrogens is 394 g/mol. The topological polar surface area (TPSA) is 94.1 Å². The molecule has 0 fully saturated rings. The van der Waals surface area contributed by atoms with Crippen LogP contribution in [0, 0.1) is 11.2 Å². The van der Waals surface area contributed by atoms with Crippen molar-refractivity contribution in [1.82, 2.24) is 9.97 Å². The largest absolute Gasteiger partial charge is 0.435 e. The van der Waals surface area contributed by atoms with Gasteiger partial charge in [-0.25, -0.2) is 8.78 Å². The van der Waals surface area contributed by atoms with Crippen LogP contribution in [0.1, 0.15) is 30.5 Å². The van der Waals surface area contributed by atoms with Crippen LogP contribution in [0.3, 0.4) is 0 Å². The Bertz CT molecular complexity index is 933. The lowest BCUT2D eigenvalue weighted by atomic mass is 10.0.